The third-order valence-electron chi connectivity index (χ3n) is 2.15. The Morgan fingerprint density at radius 2 is 2.27 bits per heavy atom. The minimum Gasteiger partial charge on any atom is -0.382 e. The molecule has 0 amide bonds. The van der Waals surface area contributed by atoms with Crippen LogP contribution in [0.15, 0.2) is 4.90 Å². The summed E-state index contributed by atoms with van der Waals surface area (Å²) in [4.78, 5) is 1.03. The van der Waals surface area contributed by atoms with E-state index in [4.69, 9.17) is 10.5 Å². The van der Waals surface area contributed by atoms with Gasteiger partial charge in [0.05, 0.1) is 18.1 Å². The van der Waals surface area contributed by atoms with Crippen LogP contribution in [-0.4, -0.2) is 41.9 Å². The van der Waals surface area contributed by atoms with Crippen molar-refractivity contribution in [1.82, 2.24) is 9.38 Å². The Kier molecular flexibility index (Phi) is 3.68. The number of thioether (sulfide) groups is 1. The second-order valence-corrected chi connectivity index (χ2v) is 4.73. The van der Waals surface area contributed by atoms with Crippen molar-refractivity contribution in [3.05, 3.63) is 0 Å². The molecule has 0 unspecified atom stereocenters. The number of rotatable bonds is 3. The van der Waals surface area contributed by atoms with E-state index in [1.54, 1.807) is 11.8 Å². The van der Waals surface area contributed by atoms with Crippen LogP contribution < -0.4 is 11.2 Å². The molecular formula is C8H14N4OS2. The highest BCUT2D eigenvalue weighted by molar-refractivity contribution is 7.99. The van der Waals surface area contributed by atoms with Crippen molar-refractivity contribution in [2.45, 2.75) is 4.90 Å². The van der Waals surface area contributed by atoms with Crippen LogP contribution >= 0.6 is 23.3 Å². The van der Waals surface area contributed by atoms with E-state index in [1.165, 1.54) is 11.5 Å². The molecule has 1 aromatic rings. The molecule has 1 aliphatic rings. The molecule has 2 heterocycles. The first-order valence-corrected chi connectivity index (χ1v) is 6.69. The van der Waals surface area contributed by atoms with Crippen LogP contribution in [0.3, 0.4) is 0 Å². The van der Waals surface area contributed by atoms with Gasteiger partial charge in [0.15, 0.2) is 5.82 Å². The highest BCUT2D eigenvalue weighted by atomic mass is 32.2. The number of nitrogens with one attached hydrogen (secondary N) is 1. The van der Waals surface area contributed by atoms with Gasteiger partial charge in [0.1, 0.15) is 5.00 Å². The number of hydrogen-bond acceptors (Lipinski definition) is 7. The summed E-state index contributed by atoms with van der Waals surface area (Å²) >= 11 is 3.02. The molecule has 2 rings (SSSR count). The third-order valence-corrected chi connectivity index (χ3v) is 3.87. The fourth-order valence-corrected chi connectivity index (χ4v) is 2.92. The monoisotopic (exact) mass is 246 g/mol. The minimum atomic E-state index is 0.614. The lowest BCUT2D eigenvalue weighted by molar-refractivity contribution is 0.0497. The molecule has 0 saturated carbocycles. The number of ether oxygens (including phenoxy) is 1. The van der Waals surface area contributed by atoms with Crippen molar-refractivity contribution in [2.24, 2.45) is 0 Å². The van der Waals surface area contributed by atoms with Crippen molar-refractivity contribution < 1.29 is 4.74 Å². The average molecular weight is 246 g/mol. The van der Waals surface area contributed by atoms with Gasteiger partial charge in [-0.15, -0.1) is 11.8 Å². The number of anilines is 2. The Morgan fingerprint density at radius 3 is 2.93 bits per heavy atom. The fraction of sp³-hybridized carbons (Fsp3) is 0.625. The third kappa shape index (κ3) is 2.54. The van der Waals surface area contributed by atoms with Crippen molar-refractivity contribution in [3.63, 3.8) is 0 Å². The maximum atomic E-state index is 5.75. The van der Waals surface area contributed by atoms with Gasteiger partial charge in [0.2, 0.25) is 0 Å². The first kappa shape index (κ1) is 11.0. The highest BCUT2D eigenvalue weighted by Gasteiger charge is 2.15. The lowest BCUT2D eigenvalue weighted by Gasteiger charge is -2.27. The number of hydrazine groups is 1. The molecule has 7 heteroatoms. The zero-order chi connectivity index (χ0) is 10.7. The zero-order valence-electron chi connectivity index (χ0n) is 8.52. The van der Waals surface area contributed by atoms with Gasteiger partial charge >= 0.3 is 0 Å². The van der Waals surface area contributed by atoms with Gasteiger partial charge < -0.3 is 15.9 Å². The van der Waals surface area contributed by atoms with Crippen LogP contribution in [-0.2, 0) is 4.74 Å². The van der Waals surface area contributed by atoms with E-state index in [9.17, 15) is 0 Å². The van der Waals surface area contributed by atoms with E-state index in [2.05, 4.69) is 14.8 Å². The summed E-state index contributed by atoms with van der Waals surface area (Å²) < 4.78 is 9.41. The standard InChI is InChI=1S/C8H14N4OS2/c1-14-6-7(9)11-15-8(6)10-12-2-4-13-5-3-12/h10H,2-5H2,1H3,(H2,9,11). The number of morpholine rings is 1. The summed E-state index contributed by atoms with van der Waals surface area (Å²) in [5, 5.41) is 3.16. The van der Waals surface area contributed by atoms with Crippen molar-refractivity contribution >= 4 is 34.1 Å². The first-order valence-electron chi connectivity index (χ1n) is 4.69. The molecule has 0 aromatic carbocycles. The van der Waals surface area contributed by atoms with Gasteiger partial charge in [-0.25, -0.2) is 5.01 Å². The van der Waals surface area contributed by atoms with Crippen LogP contribution in [0.25, 0.3) is 0 Å². The normalized spacial score (nSPS) is 17.9. The average Bonchev–Trinajstić information content (AvgIpc) is 2.61. The van der Waals surface area contributed by atoms with E-state index in [0.717, 1.165) is 36.2 Å². The quantitative estimate of drug-likeness (QED) is 0.779. The molecule has 5 nitrogen and oxygen atoms in total. The molecule has 3 N–H and O–H groups in total. The molecule has 0 aliphatic carbocycles. The molecule has 1 fully saturated rings. The number of hydrogen-bond donors (Lipinski definition) is 2. The maximum absolute atomic E-state index is 5.75. The van der Waals surface area contributed by atoms with Gasteiger partial charge in [0.25, 0.3) is 0 Å². The maximum Gasteiger partial charge on any atom is 0.153 e. The Labute approximate surface area is 97.1 Å². The first-order chi connectivity index (χ1) is 7.31. The van der Waals surface area contributed by atoms with E-state index in [-0.39, 0.29) is 0 Å². The van der Waals surface area contributed by atoms with Crippen LogP contribution in [0.5, 0.6) is 0 Å². The van der Waals surface area contributed by atoms with Gasteiger partial charge in [0, 0.05) is 13.1 Å². The topological polar surface area (TPSA) is 63.4 Å². The largest absolute Gasteiger partial charge is 0.382 e. The summed E-state index contributed by atoms with van der Waals surface area (Å²) in [5.41, 5.74) is 9.08. The summed E-state index contributed by atoms with van der Waals surface area (Å²) in [6, 6.07) is 0. The molecule has 15 heavy (non-hydrogen) atoms. The molecule has 0 radical (unpaired) electrons. The summed E-state index contributed by atoms with van der Waals surface area (Å²) in [7, 11) is 0. The lowest BCUT2D eigenvalue weighted by atomic mass is 10.5. The Hall–Kier alpha value is -0.500. The van der Waals surface area contributed by atoms with Gasteiger partial charge in [-0.05, 0) is 17.8 Å². The van der Waals surface area contributed by atoms with Crippen LogP contribution in [0.1, 0.15) is 0 Å². The van der Waals surface area contributed by atoms with Crippen molar-refractivity contribution in [1.29, 1.82) is 0 Å². The highest BCUT2D eigenvalue weighted by Crippen LogP contribution is 2.34. The summed E-state index contributed by atoms with van der Waals surface area (Å²) in [6.07, 6.45) is 2.00. The smallest absolute Gasteiger partial charge is 0.153 e. The zero-order valence-corrected chi connectivity index (χ0v) is 10.2. The predicted molar refractivity (Wildman–Crippen MR) is 64.3 cm³/mol. The second-order valence-electron chi connectivity index (χ2n) is 3.14. The van der Waals surface area contributed by atoms with Crippen molar-refractivity contribution in [2.75, 3.05) is 43.7 Å². The number of nitrogens with two attached hydrogens (primary N) is 1. The number of nitrogens with zero attached hydrogens (tertiary/aromatic N) is 2. The second kappa shape index (κ2) is 5.02. The summed E-state index contributed by atoms with van der Waals surface area (Å²) in [6.45, 7) is 3.34. The van der Waals surface area contributed by atoms with Gasteiger partial charge in [-0.2, -0.15) is 4.37 Å². The van der Waals surface area contributed by atoms with E-state index >= 15 is 0 Å². The Balaban J connectivity index is 2.02. The molecule has 0 bridgehead atoms. The minimum absolute atomic E-state index is 0.614. The van der Waals surface area contributed by atoms with E-state index < -0.39 is 0 Å². The Bertz CT molecular complexity index is 324. The van der Waals surface area contributed by atoms with Gasteiger partial charge in [-0.1, -0.05) is 0 Å². The summed E-state index contributed by atoms with van der Waals surface area (Å²) in [5.74, 6) is 0.614. The van der Waals surface area contributed by atoms with Crippen LogP contribution in [0.2, 0.25) is 0 Å². The molecule has 1 aromatic heterocycles. The molecular weight excluding hydrogens is 232 g/mol. The molecule has 1 saturated heterocycles. The number of nitrogen functional groups attached to an aromatic ring is 1. The van der Waals surface area contributed by atoms with Gasteiger partial charge in [-0.3, -0.25) is 0 Å². The lowest BCUT2D eigenvalue weighted by Crippen LogP contribution is -2.40. The van der Waals surface area contributed by atoms with Crippen LogP contribution in [0.4, 0.5) is 10.8 Å². The molecule has 0 atom stereocenters. The van der Waals surface area contributed by atoms with Crippen molar-refractivity contribution in [3.8, 4) is 0 Å². The fourth-order valence-electron chi connectivity index (χ4n) is 1.38. The SMILES string of the molecule is CSc1c(N)nsc1NN1CCOCC1. The molecule has 84 valence electrons. The van der Waals surface area contributed by atoms with E-state index in [0.29, 0.717) is 5.82 Å². The molecule has 0 spiro atoms. The molecule has 1 aliphatic heterocycles. The van der Waals surface area contributed by atoms with E-state index in [1.807, 2.05) is 6.26 Å². The predicted octanol–water partition coefficient (Wildman–Crippen LogP) is 1.11. The van der Waals surface area contributed by atoms with Crippen LogP contribution in [0, 0.1) is 0 Å². The Morgan fingerprint density at radius 1 is 1.53 bits per heavy atom. The number of aromatic nitrogens is 1.